The van der Waals surface area contributed by atoms with Crippen molar-refractivity contribution in [3.8, 4) is 5.75 Å². The molecule has 0 heterocycles. The summed E-state index contributed by atoms with van der Waals surface area (Å²) in [7, 11) is 0. The molecule has 1 N–H and O–H groups in total. The molecule has 2 aromatic carbocycles. The first-order valence-corrected chi connectivity index (χ1v) is 5.34. The molecule has 0 bridgehead atoms. The highest BCUT2D eigenvalue weighted by molar-refractivity contribution is 5.88. The third-order valence-electron chi connectivity index (χ3n) is 2.24. The lowest BCUT2D eigenvalue weighted by molar-refractivity contribution is 0.0696. The molecule has 0 spiro atoms. The minimum Gasteiger partial charge on any atom is -0.478 e. The highest BCUT2D eigenvalue weighted by Crippen LogP contribution is 2.13. The van der Waals surface area contributed by atoms with Crippen LogP contribution in [0.15, 0.2) is 59.8 Å². The molecule has 18 heavy (non-hydrogen) atoms. The zero-order valence-corrected chi connectivity index (χ0v) is 9.48. The molecule has 4 heteroatoms. The molecule has 0 amide bonds. The fraction of sp³-hybridized carbons (Fsp3) is 0. The van der Waals surface area contributed by atoms with Crippen molar-refractivity contribution in [2.75, 3.05) is 0 Å². The standard InChI is InChI=1S/C14H11NO3/c16-14(17)12-7-4-8-13(9-12)18-15-10-11-5-2-1-3-6-11/h1-10H,(H,16,17)/b15-10+. The Labute approximate surface area is 104 Å². The Hall–Kier alpha value is -2.62. The van der Waals surface area contributed by atoms with Gasteiger partial charge in [0.05, 0.1) is 11.8 Å². The van der Waals surface area contributed by atoms with Gasteiger partial charge >= 0.3 is 5.97 Å². The predicted molar refractivity (Wildman–Crippen MR) is 68.1 cm³/mol. The van der Waals surface area contributed by atoms with Gasteiger partial charge in [-0.25, -0.2) is 4.79 Å². The van der Waals surface area contributed by atoms with Crippen LogP contribution in [-0.4, -0.2) is 17.3 Å². The monoisotopic (exact) mass is 241 g/mol. The number of benzene rings is 2. The number of carboxylic acids is 1. The number of hydrogen-bond acceptors (Lipinski definition) is 3. The smallest absolute Gasteiger partial charge is 0.335 e. The van der Waals surface area contributed by atoms with E-state index in [1.807, 2.05) is 30.3 Å². The molecule has 0 saturated heterocycles. The van der Waals surface area contributed by atoms with E-state index in [1.54, 1.807) is 18.3 Å². The van der Waals surface area contributed by atoms with Crippen LogP contribution in [0.5, 0.6) is 5.75 Å². The van der Waals surface area contributed by atoms with E-state index in [0.29, 0.717) is 5.75 Å². The van der Waals surface area contributed by atoms with Gasteiger partial charge in [-0.2, -0.15) is 0 Å². The van der Waals surface area contributed by atoms with Crippen LogP contribution in [0.4, 0.5) is 0 Å². The summed E-state index contributed by atoms with van der Waals surface area (Å²) in [5, 5.41) is 12.6. The molecular weight excluding hydrogens is 230 g/mol. The molecule has 0 aliphatic heterocycles. The van der Waals surface area contributed by atoms with Gasteiger partial charge in [0.15, 0.2) is 5.75 Å². The maximum Gasteiger partial charge on any atom is 0.335 e. The van der Waals surface area contributed by atoms with Crippen molar-refractivity contribution in [3.05, 3.63) is 65.7 Å². The number of carbonyl (C=O) groups is 1. The maximum atomic E-state index is 10.8. The van der Waals surface area contributed by atoms with Gasteiger partial charge in [-0.05, 0) is 23.8 Å². The Bertz CT molecular complexity index is 564. The van der Waals surface area contributed by atoms with Crippen LogP contribution in [0.1, 0.15) is 15.9 Å². The molecular formula is C14H11NO3. The second-order valence-corrected chi connectivity index (χ2v) is 3.57. The normalized spacial score (nSPS) is 10.4. The van der Waals surface area contributed by atoms with Gasteiger partial charge in [0, 0.05) is 0 Å². The molecule has 0 saturated carbocycles. The summed E-state index contributed by atoms with van der Waals surface area (Å²) in [6.07, 6.45) is 1.56. The van der Waals surface area contributed by atoms with Crippen LogP contribution in [0.3, 0.4) is 0 Å². The SMILES string of the molecule is O=C(O)c1cccc(O/N=C/c2ccccc2)c1. The highest BCUT2D eigenvalue weighted by atomic mass is 16.6. The van der Waals surface area contributed by atoms with Crippen molar-refractivity contribution < 1.29 is 14.7 Å². The molecule has 0 aliphatic carbocycles. The Morgan fingerprint density at radius 2 is 1.89 bits per heavy atom. The molecule has 0 aromatic heterocycles. The summed E-state index contributed by atoms with van der Waals surface area (Å²) in [5.41, 5.74) is 1.08. The lowest BCUT2D eigenvalue weighted by Gasteiger charge is -1.99. The maximum absolute atomic E-state index is 10.8. The first-order chi connectivity index (χ1) is 8.75. The largest absolute Gasteiger partial charge is 0.478 e. The average molecular weight is 241 g/mol. The number of aromatic carboxylic acids is 1. The third kappa shape index (κ3) is 3.18. The van der Waals surface area contributed by atoms with E-state index in [4.69, 9.17) is 9.94 Å². The van der Waals surface area contributed by atoms with E-state index >= 15 is 0 Å². The van der Waals surface area contributed by atoms with E-state index in [9.17, 15) is 4.79 Å². The fourth-order valence-electron chi connectivity index (χ4n) is 1.37. The van der Waals surface area contributed by atoms with Gasteiger partial charge < -0.3 is 9.94 Å². The van der Waals surface area contributed by atoms with Crippen molar-refractivity contribution >= 4 is 12.2 Å². The van der Waals surface area contributed by atoms with Crippen LogP contribution in [-0.2, 0) is 0 Å². The van der Waals surface area contributed by atoms with Crippen molar-refractivity contribution in [1.82, 2.24) is 0 Å². The lowest BCUT2D eigenvalue weighted by Crippen LogP contribution is -1.96. The quantitative estimate of drug-likeness (QED) is 0.661. The second-order valence-electron chi connectivity index (χ2n) is 3.57. The Morgan fingerprint density at radius 1 is 1.11 bits per heavy atom. The molecule has 0 fully saturated rings. The van der Waals surface area contributed by atoms with Crippen LogP contribution < -0.4 is 4.84 Å². The van der Waals surface area contributed by atoms with Crippen LogP contribution >= 0.6 is 0 Å². The van der Waals surface area contributed by atoms with Gasteiger partial charge in [0.1, 0.15) is 0 Å². The zero-order valence-electron chi connectivity index (χ0n) is 9.48. The summed E-state index contributed by atoms with van der Waals surface area (Å²) in [4.78, 5) is 15.9. The fourth-order valence-corrected chi connectivity index (χ4v) is 1.37. The molecule has 2 rings (SSSR count). The second kappa shape index (κ2) is 5.63. The lowest BCUT2D eigenvalue weighted by atomic mass is 10.2. The van der Waals surface area contributed by atoms with Gasteiger partial charge in [0.2, 0.25) is 0 Å². The van der Waals surface area contributed by atoms with E-state index in [0.717, 1.165) is 5.56 Å². The first-order valence-electron chi connectivity index (χ1n) is 5.34. The van der Waals surface area contributed by atoms with Crippen molar-refractivity contribution in [3.63, 3.8) is 0 Å². The minimum absolute atomic E-state index is 0.169. The number of nitrogens with zero attached hydrogens (tertiary/aromatic N) is 1. The summed E-state index contributed by atoms with van der Waals surface area (Å²) in [6, 6.07) is 15.7. The zero-order chi connectivity index (χ0) is 12.8. The average Bonchev–Trinajstić information content (AvgIpc) is 2.40. The Balaban J connectivity index is 2.04. The van der Waals surface area contributed by atoms with Gasteiger partial charge in [0.25, 0.3) is 0 Å². The molecule has 0 unspecified atom stereocenters. The Kier molecular flexibility index (Phi) is 3.71. The first kappa shape index (κ1) is 11.9. The van der Waals surface area contributed by atoms with Crippen molar-refractivity contribution in [2.45, 2.75) is 0 Å². The van der Waals surface area contributed by atoms with Gasteiger partial charge in [-0.15, -0.1) is 0 Å². The molecule has 4 nitrogen and oxygen atoms in total. The Morgan fingerprint density at radius 3 is 2.61 bits per heavy atom. The van der Waals surface area contributed by atoms with Gasteiger partial charge in [-0.3, -0.25) is 0 Å². The van der Waals surface area contributed by atoms with Crippen LogP contribution in [0.25, 0.3) is 0 Å². The molecule has 0 aliphatic rings. The molecule has 0 atom stereocenters. The highest BCUT2D eigenvalue weighted by Gasteiger charge is 2.03. The molecule has 90 valence electrons. The number of carboxylic acid groups (broad SMARTS) is 1. The summed E-state index contributed by atoms with van der Waals surface area (Å²) in [6.45, 7) is 0. The third-order valence-corrected chi connectivity index (χ3v) is 2.24. The summed E-state index contributed by atoms with van der Waals surface area (Å²) in [5.74, 6) is -0.602. The minimum atomic E-state index is -0.993. The van der Waals surface area contributed by atoms with E-state index in [1.165, 1.54) is 12.1 Å². The van der Waals surface area contributed by atoms with Crippen LogP contribution in [0.2, 0.25) is 0 Å². The number of oxime groups is 1. The van der Waals surface area contributed by atoms with Crippen LogP contribution in [0, 0.1) is 0 Å². The van der Waals surface area contributed by atoms with Crippen molar-refractivity contribution in [2.24, 2.45) is 5.16 Å². The number of rotatable bonds is 4. The van der Waals surface area contributed by atoms with Gasteiger partial charge in [-0.1, -0.05) is 41.6 Å². The van der Waals surface area contributed by atoms with E-state index in [2.05, 4.69) is 5.16 Å². The number of hydrogen-bond donors (Lipinski definition) is 1. The molecule has 0 radical (unpaired) electrons. The van der Waals surface area contributed by atoms with E-state index < -0.39 is 5.97 Å². The summed E-state index contributed by atoms with van der Waals surface area (Å²) >= 11 is 0. The summed E-state index contributed by atoms with van der Waals surface area (Å²) < 4.78 is 0. The molecule has 2 aromatic rings. The predicted octanol–water partition coefficient (Wildman–Crippen LogP) is 2.80. The van der Waals surface area contributed by atoms with E-state index in [-0.39, 0.29) is 5.56 Å². The topological polar surface area (TPSA) is 58.9 Å². The van der Waals surface area contributed by atoms with Crippen molar-refractivity contribution in [1.29, 1.82) is 0 Å².